The van der Waals surface area contributed by atoms with Crippen molar-refractivity contribution in [3.8, 4) is 0 Å². The zero-order valence-electron chi connectivity index (χ0n) is 10.3. The summed E-state index contributed by atoms with van der Waals surface area (Å²) in [5.74, 6) is 1.29. The molecule has 1 heterocycles. The molecule has 0 radical (unpaired) electrons. The van der Waals surface area contributed by atoms with Crippen molar-refractivity contribution in [2.75, 3.05) is 13.1 Å². The summed E-state index contributed by atoms with van der Waals surface area (Å²) in [4.78, 5) is 0. The van der Waals surface area contributed by atoms with Crippen molar-refractivity contribution in [1.29, 1.82) is 0 Å². The van der Waals surface area contributed by atoms with Gasteiger partial charge in [-0.15, -0.1) is 0 Å². The minimum Gasteiger partial charge on any atom is -0.315 e. The van der Waals surface area contributed by atoms with Crippen LogP contribution in [0, 0.1) is 5.92 Å². The molecular formula is C12H23N3. The zero-order chi connectivity index (χ0) is 11.3. The molecule has 1 aromatic heterocycles. The minimum atomic E-state index is 0.572. The van der Waals surface area contributed by atoms with Crippen molar-refractivity contribution < 1.29 is 0 Å². The number of nitrogens with one attached hydrogen (secondary N) is 1. The van der Waals surface area contributed by atoms with Crippen LogP contribution < -0.4 is 5.32 Å². The van der Waals surface area contributed by atoms with Gasteiger partial charge in [0.2, 0.25) is 0 Å². The third kappa shape index (κ3) is 4.47. The molecule has 0 aliphatic heterocycles. The molecule has 1 aromatic rings. The molecule has 0 spiro atoms. The van der Waals surface area contributed by atoms with Crippen molar-refractivity contribution in [2.24, 2.45) is 5.92 Å². The van der Waals surface area contributed by atoms with E-state index in [1.54, 1.807) is 0 Å². The number of rotatable bonds is 6. The molecule has 0 aromatic carbocycles. The van der Waals surface area contributed by atoms with Crippen LogP contribution in [-0.4, -0.2) is 22.9 Å². The molecular weight excluding hydrogens is 186 g/mol. The van der Waals surface area contributed by atoms with Crippen LogP contribution in [0.15, 0.2) is 12.4 Å². The lowest BCUT2D eigenvalue weighted by Crippen LogP contribution is -2.24. The summed E-state index contributed by atoms with van der Waals surface area (Å²) < 4.78 is 2.02. The van der Waals surface area contributed by atoms with Crippen molar-refractivity contribution >= 4 is 0 Å². The molecule has 3 heteroatoms. The van der Waals surface area contributed by atoms with E-state index in [0.717, 1.165) is 19.6 Å². The maximum Gasteiger partial charge on any atom is 0.0534 e. The van der Waals surface area contributed by atoms with E-state index >= 15 is 0 Å². The summed E-state index contributed by atoms with van der Waals surface area (Å²) in [6.07, 6.45) is 4.11. The second-order valence-electron chi connectivity index (χ2n) is 4.79. The van der Waals surface area contributed by atoms with E-state index in [4.69, 9.17) is 0 Å². The van der Waals surface area contributed by atoms with Crippen LogP contribution in [0.2, 0.25) is 0 Å². The second-order valence-corrected chi connectivity index (χ2v) is 4.79. The van der Waals surface area contributed by atoms with Gasteiger partial charge in [-0.25, -0.2) is 0 Å². The summed E-state index contributed by atoms with van der Waals surface area (Å²) in [5, 5.41) is 7.74. The third-order valence-electron chi connectivity index (χ3n) is 2.39. The highest BCUT2D eigenvalue weighted by molar-refractivity contribution is 5.08. The zero-order valence-corrected chi connectivity index (χ0v) is 10.3. The highest BCUT2D eigenvalue weighted by Crippen LogP contribution is 2.11. The first kappa shape index (κ1) is 12.2. The van der Waals surface area contributed by atoms with Crippen LogP contribution >= 0.6 is 0 Å². The van der Waals surface area contributed by atoms with Gasteiger partial charge in [0, 0.05) is 12.7 Å². The van der Waals surface area contributed by atoms with Crippen LogP contribution in [0.5, 0.6) is 0 Å². The van der Waals surface area contributed by atoms with Gasteiger partial charge in [0.05, 0.1) is 12.7 Å². The summed E-state index contributed by atoms with van der Waals surface area (Å²) in [7, 11) is 0. The number of nitrogens with zero attached hydrogens (tertiary/aromatic N) is 2. The molecule has 0 atom stereocenters. The fraction of sp³-hybridized carbons (Fsp3) is 0.750. The fourth-order valence-electron chi connectivity index (χ4n) is 1.38. The lowest BCUT2D eigenvalue weighted by atomic mass is 10.1. The van der Waals surface area contributed by atoms with Crippen LogP contribution in [-0.2, 0) is 6.54 Å². The standard InChI is InChI=1S/C12H23N3/c1-10(2)7-13-5-6-15-9-12(8-14-15)11(3)4/h8-11,13H,5-7H2,1-4H3. The number of hydrogen-bond donors (Lipinski definition) is 1. The predicted octanol–water partition coefficient (Wildman–Crippen LogP) is 2.25. The highest BCUT2D eigenvalue weighted by Gasteiger charge is 2.02. The lowest BCUT2D eigenvalue weighted by Gasteiger charge is -2.07. The van der Waals surface area contributed by atoms with Gasteiger partial charge < -0.3 is 5.32 Å². The number of hydrogen-bond acceptors (Lipinski definition) is 2. The molecule has 86 valence electrons. The van der Waals surface area contributed by atoms with E-state index < -0.39 is 0 Å². The van der Waals surface area contributed by atoms with E-state index in [2.05, 4.69) is 44.3 Å². The molecule has 0 amide bonds. The molecule has 0 saturated carbocycles. The minimum absolute atomic E-state index is 0.572. The Bertz CT molecular complexity index is 276. The fourth-order valence-corrected chi connectivity index (χ4v) is 1.38. The first-order valence-electron chi connectivity index (χ1n) is 5.82. The Morgan fingerprint density at radius 3 is 2.60 bits per heavy atom. The molecule has 0 fully saturated rings. The maximum absolute atomic E-state index is 4.33. The van der Waals surface area contributed by atoms with E-state index in [0.29, 0.717) is 11.8 Å². The van der Waals surface area contributed by atoms with Gasteiger partial charge in [0.15, 0.2) is 0 Å². The topological polar surface area (TPSA) is 29.9 Å². The monoisotopic (exact) mass is 209 g/mol. The molecule has 0 saturated heterocycles. The van der Waals surface area contributed by atoms with Gasteiger partial charge in [-0.3, -0.25) is 4.68 Å². The largest absolute Gasteiger partial charge is 0.315 e. The molecule has 0 bridgehead atoms. The van der Waals surface area contributed by atoms with Gasteiger partial charge in [0.1, 0.15) is 0 Å². The normalized spacial score (nSPS) is 11.6. The van der Waals surface area contributed by atoms with E-state index in [9.17, 15) is 0 Å². The third-order valence-corrected chi connectivity index (χ3v) is 2.39. The van der Waals surface area contributed by atoms with Gasteiger partial charge in [-0.05, 0) is 23.9 Å². The first-order valence-corrected chi connectivity index (χ1v) is 5.82. The summed E-state index contributed by atoms with van der Waals surface area (Å²) in [6.45, 7) is 11.9. The van der Waals surface area contributed by atoms with Crippen LogP contribution in [0.4, 0.5) is 0 Å². The van der Waals surface area contributed by atoms with E-state index in [1.165, 1.54) is 5.56 Å². The Balaban J connectivity index is 2.26. The van der Waals surface area contributed by atoms with Gasteiger partial charge in [-0.1, -0.05) is 27.7 Å². The van der Waals surface area contributed by atoms with E-state index in [1.807, 2.05) is 10.9 Å². The Hall–Kier alpha value is -0.830. The molecule has 1 N–H and O–H groups in total. The quantitative estimate of drug-likeness (QED) is 0.728. The number of aromatic nitrogens is 2. The summed E-state index contributed by atoms with van der Waals surface area (Å²) in [5.41, 5.74) is 1.32. The van der Waals surface area contributed by atoms with Crippen LogP contribution in [0.1, 0.15) is 39.2 Å². The van der Waals surface area contributed by atoms with Crippen molar-refractivity contribution in [1.82, 2.24) is 15.1 Å². The van der Waals surface area contributed by atoms with Crippen molar-refractivity contribution in [3.05, 3.63) is 18.0 Å². The van der Waals surface area contributed by atoms with Crippen LogP contribution in [0.3, 0.4) is 0 Å². The molecule has 0 aliphatic carbocycles. The first-order chi connectivity index (χ1) is 7.09. The Morgan fingerprint density at radius 1 is 1.33 bits per heavy atom. The summed E-state index contributed by atoms with van der Waals surface area (Å²) >= 11 is 0. The molecule has 3 nitrogen and oxygen atoms in total. The van der Waals surface area contributed by atoms with Crippen molar-refractivity contribution in [3.63, 3.8) is 0 Å². The molecule has 1 rings (SSSR count). The van der Waals surface area contributed by atoms with Gasteiger partial charge in [-0.2, -0.15) is 5.10 Å². The highest BCUT2D eigenvalue weighted by atomic mass is 15.3. The Labute approximate surface area is 92.9 Å². The maximum atomic E-state index is 4.33. The van der Waals surface area contributed by atoms with Crippen molar-refractivity contribution in [2.45, 2.75) is 40.2 Å². The Kier molecular flexibility index (Phi) is 4.82. The Morgan fingerprint density at radius 2 is 2.07 bits per heavy atom. The van der Waals surface area contributed by atoms with Crippen LogP contribution in [0.25, 0.3) is 0 Å². The summed E-state index contributed by atoms with van der Waals surface area (Å²) in [6, 6.07) is 0. The average Bonchev–Trinajstić information content (AvgIpc) is 2.60. The van der Waals surface area contributed by atoms with E-state index in [-0.39, 0.29) is 0 Å². The SMILES string of the molecule is CC(C)CNCCn1cc(C(C)C)cn1. The lowest BCUT2D eigenvalue weighted by molar-refractivity contribution is 0.506. The van der Waals surface area contributed by atoms with Gasteiger partial charge in [0.25, 0.3) is 0 Å². The molecule has 0 unspecified atom stereocenters. The predicted molar refractivity (Wildman–Crippen MR) is 64.0 cm³/mol. The molecule has 0 aliphatic rings. The molecule has 15 heavy (non-hydrogen) atoms. The average molecular weight is 209 g/mol. The smallest absolute Gasteiger partial charge is 0.0534 e. The van der Waals surface area contributed by atoms with Gasteiger partial charge >= 0.3 is 0 Å². The second kappa shape index (κ2) is 5.91.